The van der Waals surface area contributed by atoms with E-state index in [1.807, 2.05) is 36.4 Å². The van der Waals surface area contributed by atoms with E-state index in [9.17, 15) is 9.18 Å². The Morgan fingerprint density at radius 3 is 2.48 bits per heavy atom. The van der Waals surface area contributed by atoms with Crippen LogP contribution in [0.15, 0.2) is 79.1 Å². The molecule has 1 aliphatic rings. The van der Waals surface area contributed by atoms with Crippen LogP contribution in [0.4, 0.5) is 15.0 Å². The number of nitrogens with zero attached hydrogens (tertiary/aromatic N) is 3. The summed E-state index contributed by atoms with van der Waals surface area (Å²) in [7, 11) is 0. The van der Waals surface area contributed by atoms with Gasteiger partial charge in [-0.25, -0.2) is 13.9 Å². The number of amides is 1. The Bertz CT molecular complexity index is 1250. The molecule has 0 spiro atoms. The highest BCUT2D eigenvalue weighted by molar-refractivity contribution is 5.84. The van der Waals surface area contributed by atoms with Crippen LogP contribution in [0.25, 0.3) is 16.9 Å². The molecule has 1 aliphatic carbocycles. The van der Waals surface area contributed by atoms with E-state index in [4.69, 9.17) is 4.74 Å². The van der Waals surface area contributed by atoms with Gasteiger partial charge in [0.2, 0.25) is 0 Å². The van der Waals surface area contributed by atoms with Crippen molar-refractivity contribution >= 4 is 11.9 Å². The fourth-order valence-corrected chi connectivity index (χ4v) is 3.74. The molecule has 0 aliphatic heterocycles. The Morgan fingerprint density at radius 1 is 1.06 bits per heavy atom. The minimum Gasteiger partial charge on any atom is -0.441 e. The van der Waals surface area contributed by atoms with Crippen LogP contribution in [0.2, 0.25) is 0 Å². The van der Waals surface area contributed by atoms with Crippen molar-refractivity contribution in [3.8, 4) is 16.9 Å². The molecular formula is C26H23FN4O2. The Morgan fingerprint density at radius 2 is 1.82 bits per heavy atom. The maximum Gasteiger partial charge on any atom is 0.413 e. The molecule has 5 rings (SSSR count). The topological polar surface area (TPSA) is 69.0 Å². The fraction of sp³-hybridized carbons (Fsp3) is 0.192. The number of hydrogen-bond acceptors (Lipinski definition) is 4. The number of ether oxygens (including phenoxy) is 1. The van der Waals surface area contributed by atoms with Gasteiger partial charge in [0.25, 0.3) is 0 Å². The lowest BCUT2D eigenvalue weighted by molar-refractivity contribution is 0.121. The van der Waals surface area contributed by atoms with Crippen LogP contribution < -0.4 is 5.32 Å². The summed E-state index contributed by atoms with van der Waals surface area (Å²) < 4.78 is 21.1. The number of carbonyl (C=O) groups excluding carboxylic acids is 1. The molecule has 2 aromatic heterocycles. The third-order valence-corrected chi connectivity index (χ3v) is 5.75. The predicted octanol–water partition coefficient (Wildman–Crippen LogP) is 6.26. The Hall–Kier alpha value is -4.00. The second-order valence-electron chi connectivity index (χ2n) is 8.13. The molecule has 1 atom stereocenters. The highest BCUT2D eigenvalue weighted by Crippen LogP contribution is 2.40. The molecule has 1 amide bonds. The van der Waals surface area contributed by atoms with Crippen molar-refractivity contribution in [1.29, 1.82) is 0 Å². The van der Waals surface area contributed by atoms with Gasteiger partial charge in [-0.05, 0) is 48.9 Å². The minimum atomic E-state index is -0.771. The molecule has 1 unspecified atom stereocenters. The average molecular weight is 442 g/mol. The first-order valence-electron chi connectivity index (χ1n) is 10.9. The van der Waals surface area contributed by atoms with E-state index >= 15 is 0 Å². The van der Waals surface area contributed by atoms with E-state index in [1.165, 1.54) is 23.1 Å². The van der Waals surface area contributed by atoms with Gasteiger partial charge in [0, 0.05) is 5.56 Å². The van der Waals surface area contributed by atoms with Gasteiger partial charge < -0.3 is 4.74 Å². The van der Waals surface area contributed by atoms with Crippen LogP contribution in [0.1, 0.15) is 42.9 Å². The zero-order chi connectivity index (χ0) is 22.8. The number of nitrogens with one attached hydrogen (secondary N) is 1. The number of anilines is 1. The van der Waals surface area contributed by atoms with Crippen molar-refractivity contribution < 1.29 is 13.9 Å². The molecule has 166 valence electrons. The molecule has 0 saturated heterocycles. The van der Waals surface area contributed by atoms with E-state index in [2.05, 4.69) is 39.7 Å². The lowest BCUT2D eigenvalue weighted by atomic mass is 10.1. The maximum absolute atomic E-state index is 14.4. The second kappa shape index (κ2) is 8.86. The standard InChI is InChI=1S/C26H23FN4O2/c1-17(18-5-3-2-4-6-18)33-26(32)30-25-23(27)16-29-31(25)22-13-14-24(28-15-22)21-11-9-20(10-12-21)19-7-8-19/h2-6,9-17,19H,7-8H2,1H3,(H,30,32). The molecule has 1 fully saturated rings. The van der Waals surface area contributed by atoms with Gasteiger partial charge in [-0.3, -0.25) is 10.3 Å². The molecule has 33 heavy (non-hydrogen) atoms. The van der Waals surface area contributed by atoms with Crippen LogP contribution in [0, 0.1) is 5.82 Å². The third kappa shape index (κ3) is 4.62. The van der Waals surface area contributed by atoms with E-state index in [0.717, 1.165) is 23.0 Å². The monoisotopic (exact) mass is 442 g/mol. The molecule has 0 radical (unpaired) electrons. The molecule has 7 heteroatoms. The largest absolute Gasteiger partial charge is 0.441 e. The summed E-state index contributed by atoms with van der Waals surface area (Å²) in [4.78, 5) is 16.9. The van der Waals surface area contributed by atoms with Crippen molar-refractivity contribution in [3.05, 3.63) is 96.1 Å². The van der Waals surface area contributed by atoms with Crippen LogP contribution in [0.5, 0.6) is 0 Å². The lowest BCUT2D eigenvalue weighted by Gasteiger charge is -2.15. The van der Waals surface area contributed by atoms with E-state index in [0.29, 0.717) is 11.6 Å². The SMILES string of the molecule is CC(OC(=O)Nc1c(F)cnn1-c1ccc(-c2ccc(C3CC3)cc2)nc1)c1ccccc1. The van der Waals surface area contributed by atoms with Gasteiger partial charge in [-0.1, -0.05) is 54.6 Å². The summed E-state index contributed by atoms with van der Waals surface area (Å²) in [6.07, 6.45) is 3.91. The Balaban J connectivity index is 1.30. The summed E-state index contributed by atoms with van der Waals surface area (Å²) in [5.41, 5.74) is 4.54. The maximum atomic E-state index is 14.4. The first-order valence-corrected chi connectivity index (χ1v) is 10.9. The number of rotatable bonds is 6. The molecular weight excluding hydrogens is 419 g/mol. The number of halogens is 1. The normalized spacial score (nSPS) is 14.0. The molecule has 1 N–H and O–H groups in total. The third-order valence-electron chi connectivity index (χ3n) is 5.75. The number of hydrogen-bond donors (Lipinski definition) is 1. The van der Waals surface area contributed by atoms with Gasteiger partial charge in [-0.15, -0.1) is 0 Å². The number of pyridine rings is 1. The second-order valence-corrected chi connectivity index (χ2v) is 8.13. The van der Waals surface area contributed by atoms with Crippen LogP contribution in [0.3, 0.4) is 0 Å². The summed E-state index contributed by atoms with van der Waals surface area (Å²) in [6.45, 7) is 1.75. The summed E-state index contributed by atoms with van der Waals surface area (Å²) in [5, 5.41) is 6.51. The first kappa shape index (κ1) is 20.9. The number of aromatic nitrogens is 3. The number of benzene rings is 2. The molecule has 2 aromatic carbocycles. The van der Waals surface area contributed by atoms with Crippen molar-refractivity contribution in [2.45, 2.75) is 31.8 Å². The van der Waals surface area contributed by atoms with Crippen molar-refractivity contribution in [2.75, 3.05) is 5.32 Å². The fourth-order valence-electron chi connectivity index (χ4n) is 3.74. The van der Waals surface area contributed by atoms with E-state index < -0.39 is 18.0 Å². The predicted molar refractivity (Wildman–Crippen MR) is 124 cm³/mol. The van der Waals surface area contributed by atoms with Gasteiger partial charge in [0.15, 0.2) is 11.6 Å². The van der Waals surface area contributed by atoms with Gasteiger partial charge in [-0.2, -0.15) is 5.10 Å². The summed E-state index contributed by atoms with van der Waals surface area (Å²) in [5.74, 6) is -0.0694. The van der Waals surface area contributed by atoms with Crippen LogP contribution >= 0.6 is 0 Å². The van der Waals surface area contributed by atoms with Gasteiger partial charge in [0.05, 0.1) is 23.8 Å². The Labute approximate surface area is 191 Å². The minimum absolute atomic E-state index is 0.108. The average Bonchev–Trinajstić information content (AvgIpc) is 3.64. The summed E-state index contributed by atoms with van der Waals surface area (Å²) in [6, 6.07) is 21.4. The zero-order valence-corrected chi connectivity index (χ0v) is 18.1. The smallest absolute Gasteiger partial charge is 0.413 e. The van der Waals surface area contributed by atoms with Gasteiger partial charge in [0.1, 0.15) is 6.10 Å². The van der Waals surface area contributed by atoms with Crippen molar-refractivity contribution in [2.24, 2.45) is 0 Å². The quantitative estimate of drug-likeness (QED) is 0.383. The molecule has 1 saturated carbocycles. The molecule has 6 nitrogen and oxygen atoms in total. The number of carbonyl (C=O) groups is 1. The van der Waals surface area contributed by atoms with Crippen LogP contribution in [-0.4, -0.2) is 20.9 Å². The summed E-state index contributed by atoms with van der Waals surface area (Å²) >= 11 is 0. The van der Waals surface area contributed by atoms with Crippen molar-refractivity contribution in [3.63, 3.8) is 0 Å². The highest BCUT2D eigenvalue weighted by Gasteiger charge is 2.23. The lowest BCUT2D eigenvalue weighted by Crippen LogP contribution is -2.19. The zero-order valence-electron chi connectivity index (χ0n) is 18.1. The first-order chi connectivity index (χ1) is 16.1. The molecule has 4 aromatic rings. The molecule has 2 heterocycles. The van der Waals surface area contributed by atoms with Crippen molar-refractivity contribution in [1.82, 2.24) is 14.8 Å². The molecule has 0 bridgehead atoms. The highest BCUT2D eigenvalue weighted by atomic mass is 19.1. The van der Waals surface area contributed by atoms with Crippen LogP contribution in [-0.2, 0) is 4.74 Å². The van der Waals surface area contributed by atoms with E-state index in [1.54, 1.807) is 19.2 Å². The van der Waals surface area contributed by atoms with E-state index in [-0.39, 0.29) is 5.82 Å². The Kier molecular flexibility index (Phi) is 5.60. The van der Waals surface area contributed by atoms with Gasteiger partial charge >= 0.3 is 6.09 Å².